The molecule has 2 aliphatic rings. The highest BCUT2D eigenvalue weighted by Crippen LogP contribution is 2.51. The van der Waals surface area contributed by atoms with Crippen LogP contribution in [0.5, 0.6) is 0 Å². The van der Waals surface area contributed by atoms with Crippen LogP contribution in [0.2, 0.25) is 0 Å². The molecule has 0 saturated heterocycles. The molecule has 2 heterocycles. The summed E-state index contributed by atoms with van der Waals surface area (Å²) in [6.07, 6.45) is 3.68. The van der Waals surface area contributed by atoms with Gasteiger partial charge in [0.2, 0.25) is 0 Å². The number of likely N-dealkylation sites (N-methyl/N-ethyl adjacent to an activating group) is 2. The van der Waals surface area contributed by atoms with Crippen molar-refractivity contribution in [3.05, 3.63) is 107 Å². The van der Waals surface area contributed by atoms with E-state index in [0.29, 0.717) is 0 Å². The Morgan fingerprint density at radius 2 is 1.00 bits per heavy atom. The van der Waals surface area contributed by atoms with Crippen molar-refractivity contribution in [3.8, 4) is 0 Å². The maximum absolute atomic E-state index is 13.6. The van der Waals surface area contributed by atoms with E-state index in [1.165, 1.54) is 44.0 Å². The molecular weight excluding hydrogens is 440 g/mol. The molecule has 6 rings (SSSR count). The Morgan fingerprint density at radius 1 is 0.611 bits per heavy atom. The molecule has 0 unspecified atom stereocenters. The lowest BCUT2D eigenvalue weighted by Crippen LogP contribution is -2.25. The van der Waals surface area contributed by atoms with Crippen LogP contribution in [0.1, 0.15) is 38.8 Å². The summed E-state index contributed by atoms with van der Waals surface area (Å²) in [5, 5.41) is 4.87. The zero-order chi connectivity index (χ0) is 25.4. The van der Waals surface area contributed by atoms with Crippen LogP contribution in [0.3, 0.4) is 0 Å². The van der Waals surface area contributed by atoms with Gasteiger partial charge in [-0.15, -0.1) is 0 Å². The summed E-state index contributed by atoms with van der Waals surface area (Å²) >= 11 is 0. The van der Waals surface area contributed by atoms with Crippen LogP contribution in [0, 0.1) is 0 Å². The van der Waals surface area contributed by atoms with E-state index in [-0.39, 0.29) is 16.6 Å². The van der Waals surface area contributed by atoms with Gasteiger partial charge in [0.05, 0.1) is 11.4 Å². The first-order valence-corrected chi connectivity index (χ1v) is 12.6. The summed E-state index contributed by atoms with van der Waals surface area (Å²) in [7, 11) is 4.17. The van der Waals surface area contributed by atoms with E-state index < -0.39 is 0 Å². The van der Waals surface area contributed by atoms with Crippen LogP contribution in [0.4, 0.5) is 11.4 Å². The van der Waals surface area contributed by atoms with E-state index >= 15 is 0 Å². The minimum Gasteiger partial charge on any atom is -0.346 e. The Kier molecular flexibility index (Phi) is 4.75. The number of benzene rings is 4. The number of fused-ring (bicyclic) bond motifs is 6. The van der Waals surface area contributed by atoms with E-state index in [1.807, 2.05) is 12.2 Å². The van der Waals surface area contributed by atoms with Crippen LogP contribution < -0.4 is 9.80 Å². The molecular formula is C33H32N2O. The Balaban J connectivity index is 1.43. The second kappa shape index (κ2) is 7.57. The molecule has 0 bridgehead atoms. The smallest absolute Gasteiger partial charge is 0.182 e. The number of nitrogens with zero attached hydrogens (tertiary/aromatic N) is 2. The van der Waals surface area contributed by atoms with E-state index in [0.717, 1.165) is 11.4 Å². The van der Waals surface area contributed by atoms with Crippen LogP contribution in [0.15, 0.2) is 96.3 Å². The van der Waals surface area contributed by atoms with Crippen molar-refractivity contribution >= 4 is 38.7 Å². The van der Waals surface area contributed by atoms with Crippen molar-refractivity contribution in [1.29, 1.82) is 0 Å². The molecule has 0 radical (unpaired) electrons. The molecule has 0 spiro atoms. The summed E-state index contributed by atoms with van der Waals surface area (Å²) in [5.41, 5.74) is 6.43. The molecule has 3 nitrogen and oxygen atoms in total. The molecule has 0 saturated carbocycles. The topological polar surface area (TPSA) is 23.6 Å². The third kappa shape index (κ3) is 3.02. The number of hydrogen-bond donors (Lipinski definition) is 0. The Labute approximate surface area is 213 Å². The van der Waals surface area contributed by atoms with Crippen LogP contribution in [-0.2, 0) is 15.6 Å². The molecule has 2 aliphatic heterocycles. The molecule has 3 heteroatoms. The van der Waals surface area contributed by atoms with Gasteiger partial charge in [-0.05, 0) is 21.9 Å². The summed E-state index contributed by atoms with van der Waals surface area (Å²) in [5.74, 6) is 0.0223. The van der Waals surface area contributed by atoms with E-state index in [2.05, 4.69) is 124 Å². The van der Waals surface area contributed by atoms with Crippen molar-refractivity contribution in [2.24, 2.45) is 0 Å². The second-order valence-electron chi connectivity index (χ2n) is 11.2. The van der Waals surface area contributed by atoms with Gasteiger partial charge < -0.3 is 9.80 Å². The number of hydrogen-bond acceptors (Lipinski definition) is 3. The summed E-state index contributed by atoms with van der Waals surface area (Å²) < 4.78 is 0. The maximum Gasteiger partial charge on any atom is 0.182 e. The molecule has 0 atom stereocenters. The largest absolute Gasteiger partial charge is 0.346 e. The molecule has 4 aromatic rings. The van der Waals surface area contributed by atoms with Gasteiger partial charge in [0.15, 0.2) is 5.78 Å². The highest BCUT2D eigenvalue weighted by atomic mass is 16.1. The van der Waals surface area contributed by atoms with Gasteiger partial charge >= 0.3 is 0 Å². The van der Waals surface area contributed by atoms with Gasteiger partial charge in [-0.1, -0.05) is 100 Å². The van der Waals surface area contributed by atoms with Crippen molar-refractivity contribution in [3.63, 3.8) is 0 Å². The predicted molar refractivity (Wildman–Crippen MR) is 152 cm³/mol. The highest BCUT2D eigenvalue weighted by Gasteiger charge is 2.41. The first-order valence-electron chi connectivity index (χ1n) is 12.6. The van der Waals surface area contributed by atoms with Gasteiger partial charge in [-0.3, -0.25) is 4.79 Å². The van der Waals surface area contributed by atoms with Gasteiger partial charge in [0.1, 0.15) is 0 Å². The summed E-state index contributed by atoms with van der Waals surface area (Å²) in [6, 6.07) is 25.8. The number of rotatable bonds is 2. The van der Waals surface area contributed by atoms with Gasteiger partial charge in [-0.25, -0.2) is 0 Å². The SMILES string of the molecule is CN1C(=CC(=O)C=C2N(C)c3c(ccc4ccccc34)C2(C)C)C(C)(C)c2ccc3ccccc3c21. The van der Waals surface area contributed by atoms with Crippen LogP contribution >= 0.6 is 0 Å². The molecule has 0 N–H and O–H groups in total. The fourth-order valence-electron chi connectivity index (χ4n) is 6.46. The number of allylic oxidation sites excluding steroid dienone is 4. The normalized spacial score (nSPS) is 19.9. The Bertz CT molecular complexity index is 1520. The average molecular weight is 473 g/mol. The van der Waals surface area contributed by atoms with E-state index in [9.17, 15) is 4.79 Å². The zero-order valence-electron chi connectivity index (χ0n) is 21.9. The van der Waals surface area contributed by atoms with Gasteiger partial charge in [0.25, 0.3) is 0 Å². The first-order chi connectivity index (χ1) is 17.1. The van der Waals surface area contributed by atoms with Crippen LogP contribution in [-0.4, -0.2) is 19.9 Å². The molecule has 180 valence electrons. The van der Waals surface area contributed by atoms with Crippen molar-refractivity contribution in [2.75, 3.05) is 23.9 Å². The summed E-state index contributed by atoms with van der Waals surface area (Å²) in [4.78, 5) is 18.1. The monoisotopic (exact) mass is 472 g/mol. The molecule has 0 aromatic heterocycles. The van der Waals surface area contributed by atoms with E-state index in [1.54, 1.807) is 0 Å². The Morgan fingerprint density at radius 3 is 1.42 bits per heavy atom. The second-order valence-corrected chi connectivity index (χ2v) is 11.2. The number of carbonyl (C=O) groups excluding carboxylic acids is 1. The number of anilines is 2. The lowest BCUT2D eigenvalue weighted by Gasteiger charge is -2.25. The first kappa shape index (κ1) is 22.6. The quantitative estimate of drug-likeness (QED) is 0.283. The average Bonchev–Trinajstić information content (AvgIpc) is 3.18. The third-order valence-corrected chi connectivity index (χ3v) is 8.38. The maximum atomic E-state index is 13.6. The van der Waals surface area contributed by atoms with E-state index in [4.69, 9.17) is 0 Å². The molecule has 36 heavy (non-hydrogen) atoms. The number of ketones is 1. The number of carbonyl (C=O) groups is 1. The predicted octanol–water partition coefficient (Wildman–Crippen LogP) is 7.48. The standard InChI is InChI=1S/C33H32N2O/c1-32(2)26-17-15-21-11-7-9-13-24(21)30(26)34(5)28(32)19-23(36)20-29-33(3,4)27-18-16-22-12-8-10-14-25(22)31(27)35(29)6/h7-20H,1-6H3. The van der Waals surface area contributed by atoms with Crippen molar-refractivity contribution in [2.45, 2.75) is 38.5 Å². The highest BCUT2D eigenvalue weighted by molar-refractivity contribution is 6.06. The minimum absolute atomic E-state index is 0.0223. The lowest BCUT2D eigenvalue weighted by molar-refractivity contribution is -0.110. The molecule has 0 amide bonds. The molecule has 4 aromatic carbocycles. The minimum atomic E-state index is -0.265. The van der Waals surface area contributed by atoms with Crippen molar-refractivity contribution < 1.29 is 4.79 Å². The third-order valence-electron chi connectivity index (χ3n) is 8.38. The fraction of sp³-hybridized carbons (Fsp3) is 0.242. The molecule has 0 aliphatic carbocycles. The van der Waals surface area contributed by atoms with Gasteiger partial charge in [-0.2, -0.15) is 0 Å². The molecule has 0 fully saturated rings. The van der Waals surface area contributed by atoms with Gasteiger partial charge in [0, 0.05) is 59.2 Å². The zero-order valence-corrected chi connectivity index (χ0v) is 21.9. The lowest BCUT2D eigenvalue weighted by atomic mass is 9.81. The van der Waals surface area contributed by atoms with Crippen LogP contribution in [0.25, 0.3) is 21.5 Å². The Hall–Kier alpha value is -3.85. The fourth-order valence-corrected chi connectivity index (χ4v) is 6.46. The summed E-state index contributed by atoms with van der Waals surface area (Å²) in [6.45, 7) is 8.85. The van der Waals surface area contributed by atoms with Crippen molar-refractivity contribution in [1.82, 2.24) is 0 Å².